The summed E-state index contributed by atoms with van der Waals surface area (Å²) in [5.74, 6) is -0.909. The number of alkyl halides is 3. The van der Waals surface area contributed by atoms with E-state index < -0.39 is 36.4 Å². The molecule has 1 N–H and O–H groups in total. The van der Waals surface area contributed by atoms with Gasteiger partial charge in [-0.3, -0.25) is 14.2 Å². The van der Waals surface area contributed by atoms with Gasteiger partial charge in [0.1, 0.15) is 17.2 Å². The van der Waals surface area contributed by atoms with Gasteiger partial charge in [-0.1, -0.05) is 0 Å². The Bertz CT molecular complexity index is 1340. The van der Waals surface area contributed by atoms with E-state index in [1.165, 1.54) is 65.6 Å². The van der Waals surface area contributed by atoms with Gasteiger partial charge in [0.15, 0.2) is 5.82 Å². The fraction of sp³-hybridized carbons (Fsp3) is 0.143. The Morgan fingerprint density at radius 2 is 1.79 bits per heavy atom. The summed E-state index contributed by atoms with van der Waals surface area (Å²) in [4.78, 5) is 25.6. The van der Waals surface area contributed by atoms with Crippen LogP contribution in [0, 0.1) is 5.82 Å². The molecule has 0 aliphatic rings. The summed E-state index contributed by atoms with van der Waals surface area (Å²) in [6.07, 6.45) is -1.34. The summed E-state index contributed by atoms with van der Waals surface area (Å²) in [6.45, 7) is -0.477. The number of aromatic nitrogens is 5. The van der Waals surface area contributed by atoms with Crippen molar-refractivity contribution in [3.05, 3.63) is 88.9 Å². The minimum Gasteiger partial charge on any atom is -0.305 e. The molecule has 1 aromatic carbocycles. The third kappa shape index (κ3) is 5.00. The lowest BCUT2D eigenvalue weighted by Gasteiger charge is -2.12. The maximum Gasteiger partial charge on any atom is 0.390 e. The molecule has 0 saturated carbocycles. The van der Waals surface area contributed by atoms with Crippen molar-refractivity contribution in [1.82, 2.24) is 24.1 Å². The Balaban J connectivity index is 1.55. The average Bonchev–Trinajstić information content (AvgIpc) is 3.42. The lowest BCUT2D eigenvalue weighted by Crippen LogP contribution is -2.29. The van der Waals surface area contributed by atoms with E-state index in [9.17, 15) is 27.2 Å². The molecule has 0 spiro atoms. The van der Waals surface area contributed by atoms with Crippen molar-refractivity contribution >= 4 is 11.7 Å². The average molecular weight is 460 g/mol. The van der Waals surface area contributed by atoms with Crippen LogP contribution in [0.1, 0.15) is 16.8 Å². The zero-order valence-corrected chi connectivity index (χ0v) is 16.8. The number of halogens is 4. The van der Waals surface area contributed by atoms with Crippen LogP contribution < -0.4 is 10.9 Å². The molecule has 0 atom stereocenters. The van der Waals surface area contributed by atoms with Crippen molar-refractivity contribution in [1.29, 1.82) is 0 Å². The number of rotatable bonds is 6. The van der Waals surface area contributed by atoms with Gasteiger partial charge in [0.25, 0.3) is 11.5 Å². The second-order valence-corrected chi connectivity index (χ2v) is 6.95. The van der Waals surface area contributed by atoms with E-state index in [1.807, 2.05) is 0 Å². The van der Waals surface area contributed by atoms with Gasteiger partial charge >= 0.3 is 6.18 Å². The number of aryl methyl sites for hydroxylation is 1. The second kappa shape index (κ2) is 8.73. The predicted molar refractivity (Wildman–Crippen MR) is 110 cm³/mol. The summed E-state index contributed by atoms with van der Waals surface area (Å²) in [5, 5.41) is 10.5. The van der Waals surface area contributed by atoms with Gasteiger partial charge in [-0.05, 0) is 36.4 Å². The van der Waals surface area contributed by atoms with Gasteiger partial charge < -0.3 is 5.32 Å². The monoisotopic (exact) mass is 460 g/mol. The van der Waals surface area contributed by atoms with Gasteiger partial charge in [0.2, 0.25) is 0 Å². The van der Waals surface area contributed by atoms with Crippen LogP contribution in [0.2, 0.25) is 0 Å². The number of nitrogens with one attached hydrogen (secondary N) is 1. The molecular formula is C21H16F4N6O2. The fourth-order valence-electron chi connectivity index (χ4n) is 3.09. The molecule has 0 fully saturated rings. The van der Waals surface area contributed by atoms with Crippen LogP contribution in [0.5, 0.6) is 0 Å². The number of pyridine rings is 1. The summed E-state index contributed by atoms with van der Waals surface area (Å²) >= 11 is 0. The Hall–Kier alpha value is -4.22. The molecule has 4 rings (SSSR count). The molecule has 0 radical (unpaired) electrons. The highest BCUT2D eigenvalue weighted by Gasteiger charge is 2.27. The largest absolute Gasteiger partial charge is 0.390 e. The van der Waals surface area contributed by atoms with E-state index in [2.05, 4.69) is 15.5 Å². The number of carbonyl (C=O) groups is 1. The predicted octanol–water partition coefficient (Wildman–Crippen LogP) is 3.56. The number of amides is 1. The third-order valence-electron chi connectivity index (χ3n) is 4.66. The molecule has 33 heavy (non-hydrogen) atoms. The summed E-state index contributed by atoms with van der Waals surface area (Å²) in [7, 11) is 0. The molecule has 1 amide bonds. The highest BCUT2D eigenvalue weighted by molar-refractivity contribution is 6.03. The SMILES string of the molecule is O=C(Nc1ccn(-c2ccc(F)cc2)n1)c1cccn(-c2ccnn2CCC(F)(F)F)c1=O. The zero-order valence-electron chi connectivity index (χ0n) is 16.8. The van der Waals surface area contributed by atoms with Crippen LogP contribution in [-0.4, -0.2) is 36.2 Å². The highest BCUT2D eigenvalue weighted by Crippen LogP contribution is 2.21. The number of nitrogens with zero attached hydrogens (tertiary/aromatic N) is 5. The Labute approximate surface area is 183 Å². The number of anilines is 1. The summed E-state index contributed by atoms with van der Waals surface area (Å²) in [5.41, 5.74) is -0.412. The van der Waals surface area contributed by atoms with Crippen molar-refractivity contribution in [2.24, 2.45) is 0 Å². The molecule has 3 heterocycles. The van der Waals surface area contributed by atoms with Crippen LogP contribution >= 0.6 is 0 Å². The third-order valence-corrected chi connectivity index (χ3v) is 4.66. The van der Waals surface area contributed by atoms with Crippen LogP contribution in [0.3, 0.4) is 0 Å². The molecule has 0 aliphatic heterocycles. The van der Waals surface area contributed by atoms with E-state index in [0.29, 0.717) is 5.69 Å². The molecule has 0 saturated heterocycles. The standard InChI is InChI=1S/C21H16F4N6O2/c22-14-3-5-15(6-4-14)30-12-8-17(28-30)27-19(32)16-2-1-11-29(20(16)33)18-7-10-26-31(18)13-9-21(23,24)25/h1-8,10-12H,9,13H2,(H,27,28,32). The van der Waals surface area contributed by atoms with E-state index in [1.54, 1.807) is 6.20 Å². The minimum atomic E-state index is -4.38. The van der Waals surface area contributed by atoms with Crippen molar-refractivity contribution in [3.63, 3.8) is 0 Å². The molecule has 12 heteroatoms. The molecule has 0 unspecified atom stereocenters. The summed E-state index contributed by atoms with van der Waals surface area (Å²) < 4.78 is 54.3. The molecule has 0 aliphatic carbocycles. The van der Waals surface area contributed by atoms with Gasteiger partial charge in [-0.25, -0.2) is 13.8 Å². The van der Waals surface area contributed by atoms with Crippen molar-refractivity contribution in [2.45, 2.75) is 19.1 Å². The van der Waals surface area contributed by atoms with Crippen molar-refractivity contribution in [2.75, 3.05) is 5.32 Å². The molecule has 3 aromatic heterocycles. The molecule has 8 nitrogen and oxygen atoms in total. The van der Waals surface area contributed by atoms with Crippen molar-refractivity contribution < 1.29 is 22.4 Å². The van der Waals surface area contributed by atoms with Gasteiger partial charge in [-0.15, -0.1) is 0 Å². The number of hydrogen-bond acceptors (Lipinski definition) is 4. The number of carbonyl (C=O) groups excluding carboxylic acids is 1. The first-order chi connectivity index (χ1) is 15.7. The van der Waals surface area contributed by atoms with E-state index in [0.717, 1.165) is 9.25 Å². The number of hydrogen-bond donors (Lipinski definition) is 1. The first-order valence-electron chi connectivity index (χ1n) is 9.65. The molecular weight excluding hydrogens is 444 g/mol. The topological polar surface area (TPSA) is 86.7 Å². The minimum absolute atomic E-state index is 0.0967. The maximum atomic E-state index is 13.1. The lowest BCUT2D eigenvalue weighted by atomic mass is 10.2. The Morgan fingerprint density at radius 1 is 1.03 bits per heavy atom. The van der Waals surface area contributed by atoms with Crippen LogP contribution in [0.25, 0.3) is 11.5 Å². The molecule has 4 aromatic rings. The lowest BCUT2D eigenvalue weighted by molar-refractivity contribution is -0.137. The first kappa shape index (κ1) is 22.0. The van der Waals surface area contributed by atoms with Gasteiger partial charge in [0, 0.05) is 24.5 Å². The molecule has 170 valence electrons. The van der Waals surface area contributed by atoms with Crippen LogP contribution in [0.15, 0.2) is 71.9 Å². The molecule has 0 bridgehead atoms. The Morgan fingerprint density at radius 3 is 2.52 bits per heavy atom. The quantitative estimate of drug-likeness (QED) is 0.446. The van der Waals surface area contributed by atoms with E-state index >= 15 is 0 Å². The highest BCUT2D eigenvalue weighted by atomic mass is 19.4. The first-order valence-corrected chi connectivity index (χ1v) is 9.65. The van der Waals surface area contributed by atoms with Crippen molar-refractivity contribution in [3.8, 4) is 11.5 Å². The summed E-state index contributed by atoms with van der Waals surface area (Å²) in [6, 6.07) is 11.1. The smallest absolute Gasteiger partial charge is 0.305 e. The van der Waals surface area contributed by atoms with Gasteiger partial charge in [0.05, 0.1) is 24.8 Å². The van der Waals surface area contributed by atoms with Crippen LogP contribution in [0.4, 0.5) is 23.4 Å². The Kier molecular flexibility index (Phi) is 5.82. The van der Waals surface area contributed by atoms with E-state index in [-0.39, 0.29) is 17.2 Å². The maximum absolute atomic E-state index is 13.1. The normalized spacial score (nSPS) is 11.5. The van der Waals surface area contributed by atoms with Crippen LogP contribution in [-0.2, 0) is 6.54 Å². The van der Waals surface area contributed by atoms with Gasteiger partial charge in [-0.2, -0.15) is 23.4 Å². The zero-order chi connectivity index (χ0) is 23.6. The fourth-order valence-corrected chi connectivity index (χ4v) is 3.09. The second-order valence-electron chi connectivity index (χ2n) is 6.95. The van der Waals surface area contributed by atoms with E-state index in [4.69, 9.17) is 0 Å². The number of benzene rings is 1.